The van der Waals surface area contributed by atoms with Crippen LogP contribution in [0.2, 0.25) is 0 Å². The number of anilines is 1. The Morgan fingerprint density at radius 1 is 1.23 bits per heavy atom. The zero-order valence-electron chi connectivity index (χ0n) is 16.6. The van der Waals surface area contributed by atoms with Crippen LogP contribution in [0.4, 0.5) is 18.2 Å². The largest absolute Gasteiger partial charge is 0.572 e. The highest BCUT2D eigenvalue weighted by atomic mass is 32.2. The summed E-state index contributed by atoms with van der Waals surface area (Å²) in [6.07, 6.45) is -1.24. The topological polar surface area (TPSA) is 53.0 Å². The van der Waals surface area contributed by atoms with Crippen molar-refractivity contribution in [2.75, 3.05) is 30.2 Å². The highest BCUT2D eigenvalue weighted by Gasteiger charge is 2.32. The van der Waals surface area contributed by atoms with Gasteiger partial charge in [0, 0.05) is 24.7 Å². The number of hydrogen-bond acceptors (Lipinski definition) is 5. The maximum absolute atomic E-state index is 13.1. The molecule has 1 aromatic heterocycles. The van der Waals surface area contributed by atoms with E-state index in [0.717, 1.165) is 31.3 Å². The van der Waals surface area contributed by atoms with Gasteiger partial charge in [-0.1, -0.05) is 24.3 Å². The predicted octanol–water partition coefficient (Wildman–Crippen LogP) is 5.14. The fourth-order valence-electron chi connectivity index (χ4n) is 3.17. The van der Waals surface area contributed by atoms with Gasteiger partial charge in [0.15, 0.2) is 0 Å². The number of alkyl halides is 3. The summed E-state index contributed by atoms with van der Waals surface area (Å²) >= 11 is 1.53. The summed E-state index contributed by atoms with van der Waals surface area (Å²) < 4.78 is 57.2. The van der Waals surface area contributed by atoms with E-state index in [1.54, 1.807) is 10.4 Å². The summed E-state index contributed by atoms with van der Waals surface area (Å²) in [5.74, 6) is 0.102. The van der Waals surface area contributed by atoms with E-state index in [0.29, 0.717) is 13.0 Å². The van der Waals surface area contributed by atoms with Gasteiger partial charge in [0.2, 0.25) is 0 Å². The van der Waals surface area contributed by atoms with Gasteiger partial charge in [-0.05, 0) is 42.0 Å². The van der Waals surface area contributed by atoms with Crippen molar-refractivity contribution < 1.29 is 27.3 Å². The van der Waals surface area contributed by atoms with Gasteiger partial charge in [-0.15, -0.1) is 24.5 Å². The second kappa shape index (κ2) is 9.51. The van der Waals surface area contributed by atoms with Crippen molar-refractivity contribution in [1.82, 2.24) is 5.06 Å². The van der Waals surface area contributed by atoms with Crippen molar-refractivity contribution >= 4 is 37.4 Å². The number of halogens is 3. The van der Waals surface area contributed by atoms with Gasteiger partial charge >= 0.3 is 6.36 Å². The molecule has 30 heavy (non-hydrogen) atoms. The van der Waals surface area contributed by atoms with Crippen molar-refractivity contribution in [3.63, 3.8) is 0 Å². The monoisotopic (exact) mass is 460 g/mol. The molecule has 1 N–H and O–H groups in total. The highest BCUT2D eigenvalue weighted by molar-refractivity contribution is 7.86. The van der Waals surface area contributed by atoms with Crippen molar-refractivity contribution in [1.29, 1.82) is 0 Å². The van der Waals surface area contributed by atoms with E-state index in [1.807, 2.05) is 31.2 Å². The summed E-state index contributed by atoms with van der Waals surface area (Å²) in [6, 6.07) is 7.91. The highest BCUT2D eigenvalue weighted by Crippen LogP contribution is 2.39. The average molecular weight is 461 g/mol. The van der Waals surface area contributed by atoms with E-state index in [1.165, 1.54) is 24.5 Å². The minimum absolute atomic E-state index is 0.126. The average Bonchev–Trinajstić information content (AvgIpc) is 3.01. The number of aryl methyl sites for hydroxylation is 1. The number of ether oxygens (including phenoxy) is 1. The lowest BCUT2D eigenvalue weighted by Crippen LogP contribution is -2.33. The van der Waals surface area contributed by atoms with Crippen molar-refractivity contribution in [2.45, 2.75) is 26.1 Å². The van der Waals surface area contributed by atoms with Crippen LogP contribution in [0.3, 0.4) is 0 Å². The first-order valence-corrected chi connectivity index (χ1v) is 11.4. The summed E-state index contributed by atoms with van der Waals surface area (Å²) in [5.41, 5.74) is 1.88. The Morgan fingerprint density at radius 3 is 2.57 bits per heavy atom. The quantitative estimate of drug-likeness (QED) is 0.554. The van der Waals surface area contributed by atoms with Crippen LogP contribution in [0.5, 0.6) is 0 Å². The number of rotatable bonds is 8. The summed E-state index contributed by atoms with van der Waals surface area (Å²) in [4.78, 5) is 0. The van der Waals surface area contributed by atoms with Crippen LogP contribution < -0.4 is 4.31 Å². The summed E-state index contributed by atoms with van der Waals surface area (Å²) in [6.45, 7) is 2.53. The van der Waals surface area contributed by atoms with E-state index in [9.17, 15) is 22.6 Å². The molecule has 1 aliphatic rings. The fraction of sp³-hybridized carbons (Fsp3) is 0.400. The van der Waals surface area contributed by atoms with Crippen LogP contribution in [-0.2, 0) is 15.7 Å². The summed E-state index contributed by atoms with van der Waals surface area (Å²) in [5, 5.41) is 12.3. The molecule has 0 saturated heterocycles. The second-order valence-electron chi connectivity index (χ2n) is 6.98. The van der Waals surface area contributed by atoms with E-state index < -0.39 is 17.3 Å². The standard InChI is InChI=1S/C20H23F3N2O3S2/c1-14-17-5-3-4-6-18(17)29-19(14)25(30(27)12-11-24(2)26)13-15-7-9-16(10-8-15)28-20(21,22)23/h3-7,9,26H,8,10-13H2,1-2H3. The maximum atomic E-state index is 13.1. The first-order chi connectivity index (χ1) is 14.1. The Balaban J connectivity index is 1.87. The zero-order valence-corrected chi connectivity index (χ0v) is 18.2. The molecular weight excluding hydrogens is 437 g/mol. The number of thiophene rings is 1. The lowest BCUT2D eigenvalue weighted by atomic mass is 10.0. The van der Waals surface area contributed by atoms with E-state index in [4.69, 9.17) is 0 Å². The normalized spacial score (nSPS) is 15.8. The first-order valence-electron chi connectivity index (χ1n) is 9.32. The number of allylic oxidation sites excluding steroid dienone is 3. The molecule has 1 heterocycles. The predicted molar refractivity (Wildman–Crippen MR) is 114 cm³/mol. The Morgan fingerprint density at radius 2 is 1.97 bits per heavy atom. The number of nitrogens with zero attached hydrogens (tertiary/aromatic N) is 2. The Kier molecular flexibility index (Phi) is 7.22. The molecule has 0 saturated carbocycles. The molecule has 2 aromatic rings. The Hall–Kier alpha value is -1.88. The molecule has 0 radical (unpaired) electrons. The third-order valence-electron chi connectivity index (χ3n) is 4.67. The Bertz CT molecular complexity index is 983. The molecule has 1 aromatic carbocycles. The molecule has 0 fully saturated rings. The maximum Gasteiger partial charge on any atom is 0.572 e. The van der Waals surface area contributed by atoms with Gasteiger partial charge in [-0.2, -0.15) is 5.06 Å². The molecule has 0 amide bonds. The molecule has 0 bridgehead atoms. The lowest BCUT2D eigenvalue weighted by Gasteiger charge is -2.26. The van der Waals surface area contributed by atoms with Crippen LogP contribution in [0.1, 0.15) is 18.4 Å². The lowest BCUT2D eigenvalue weighted by molar-refractivity contribution is -0.306. The summed E-state index contributed by atoms with van der Waals surface area (Å²) in [7, 11) is 0.0656. The first kappa shape index (κ1) is 22.8. The van der Waals surface area contributed by atoms with Crippen LogP contribution in [-0.4, -0.2) is 46.7 Å². The Labute approximate surface area is 179 Å². The molecule has 1 aliphatic carbocycles. The SMILES string of the molecule is Cc1c(N(CC2=CC=C(OC(F)(F)F)CC2)S(=O)CCN(C)O)sc2ccccc12. The fourth-order valence-corrected chi connectivity index (χ4v) is 5.92. The third kappa shape index (κ3) is 5.84. The van der Waals surface area contributed by atoms with Crippen molar-refractivity contribution in [3.8, 4) is 0 Å². The molecule has 1 unspecified atom stereocenters. The van der Waals surface area contributed by atoms with E-state index in [2.05, 4.69) is 4.74 Å². The van der Waals surface area contributed by atoms with Crippen LogP contribution in [0, 0.1) is 6.92 Å². The molecule has 10 heteroatoms. The van der Waals surface area contributed by atoms with Gasteiger partial charge in [0.05, 0.1) is 12.3 Å². The van der Waals surface area contributed by atoms with E-state index in [-0.39, 0.29) is 24.5 Å². The van der Waals surface area contributed by atoms with Gasteiger partial charge in [-0.25, -0.2) is 4.21 Å². The smallest absolute Gasteiger partial charge is 0.410 e. The van der Waals surface area contributed by atoms with Crippen LogP contribution in [0.25, 0.3) is 10.1 Å². The van der Waals surface area contributed by atoms with Crippen molar-refractivity contribution in [2.24, 2.45) is 0 Å². The van der Waals surface area contributed by atoms with Gasteiger partial charge < -0.3 is 9.94 Å². The van der Waals surface area contributed by atoms with Crippen LogP contribution in [0.15, 0.2) is 47.7 Å². The minimum Gasteiger partial charge on any atom is -0.410 e. The molecule has 1 atom stereocenters. The molecule has 0 spiro atoms. The van der Waals surface area contributed by atoms with Crippen LogP contribution >= 0.6 is 11.3 Å². The third-order valence-corrected chi connectivity index (χ3v) is 7.42. The number of fused-ring (bicyclic) bond motifs is 1. The molecule has 0 aliphatic heterocycles. The van der Waals surface area contributed by atoms with Gasteiger partial charge in [0.25, 0.3) is 0 Å². The zero-order chi connectivity index (χ0) is 21.9. The number of hydrogen-bond donors (Lipinski definition) is 1. The second-order valence-corrected chi connectivity index (χ2v) is 9.50. The number of benzene rings is 1. The molecule has 5 nitrogen and oxygen atoms in total. The molecular formula is C20H23F3N2O3S2. The van der Waals surface area contributed by atoms with Crippen molar-refractivity contribution in [3.05, 3.63) is 53.3 Å². The van der Waals surface area contributed by atoms with Gasteiger partial charge in [-0.3, -0.25) is 4.31 Å². The molecule has 164 valence electrons. The molecule has 3 rings (SSSR count). The van der Waals surface area contributed by atoms with Gasteiger partial charge in [0.1, 0.15) is 21.7 Å². The van der Waals surface area contributed by atoms with E-state index >= 15 is 0 Å². The minimum atomic E-state index is -4.70. The number of hydroxylamine groups is 2.